The maximum atomic E-state index is 6.02. The van der Waals surface area contributed by atoms with Crippen molar-refractivity contribution >= 4 is 22.7 Å². The van der Waals surface area contributed by atoms with Crippen LogP contribution in [0.15, 0.2) is 71.1 Å². The topological polar surface area (TPSA) is 44.5 Å². The van der Waals surface area contributed by atoms with Crippen molar-refractivity contribution in [3.63, 3.8) is 0 Å². The van der Waals surface area contributed by atoms with Gasteiger partial charge < -0.3 is 13.9 Å². The number of ether oxygens (including phenoxy) is 2. The quantitative estimate of drug-likeness (QED) is 0.221. The maximum absolute atomic E-state index is 6.02. The van der Waals surface area contributed by atoms with Crippen molar-refractivity contribution in [3.05, 3.63) is 72.3 Å². The zero-order valence-corrected chi connectivity index (χ0v) is 18.8. The van der Waals surface area contributed by atoms with E-state index >= 15 is 0 Å². The van der Waals surface area contributed by atoms with E-state index in [2.05, 4.69) is 37.9 Å². The molecule has 4 rings (SSSR count). The highest BCUT2D eigenvalue weighted by Gasteiger charge is 2.14. The third-order valence-corrected chi connectivity index (χ3v) is 5.23. The summed E-state index contributed by atoms with van der Waals surface area (Å²) in [4.78, 5) is 4.59. The van der Waals surface area contributed by atoms with Gasteiger partial charge in [-0.1, -0.05) is 32.9 Å². The first-order valence-electron chi connectivity index (χ1n) is 10.4. The number of benzene rings is 3. The number of fused-ring (bicyclic) bond motifs is 1. The first-order chi connectivity index (χ1) is 14.9. The minimum absolute atomic E-state index is 0.113. The first-order valence-corrected chi connectivity index (χ1v) is 10.9. The molecule has 0 N–H and O–H groups in total. The molecule has 0 aliphatic rings. The van der Waals surface area contributed by atoms with Gasteiger partial charge in [0.2, 0.25) is 5.89 Å². The molecule has 0 saturated carbocycles. The Kier molecular flexibility index (Phi) is 6.19. The molecule has 1 heterocycles. The Labute approximate surface area is 187 Å². The summed E-state index contributed by atoms with van der Waals surface area (Å²) in [7, 11) is 0. The van der Waals surface area contributed by atoms with E-state index in [1.807, 2.05) is 54.6 Å². The number of halogens is 1. The molecule has 0 amide bonds. The fourth-order valence-electron chi connectivity index (χ4n) is 3.19. The van der Waals surface area contributed by atoms with Crippen LogP contribution in [0.2, 0.25) is 0 Å². The van der Waals surface area contributed by atoms with Gasteiger partial charge in [0.05, 0.1) is 6.61 Å². The van der Waals surface area contributed by atoms with Crippen LogP contribution in [0.4, 0.5) is 0 Å². The van der Waals surface area contributed by atoms with Crippen LogP contribution in [0, 0.1) is 0 Å². The highest BCUT2D eigenvalue weighted by Crippen LogP contribution is 2.31. The lowest BCUT2D eigenvalue weighted by Crippen LogP contribution is -2.10. The number of hydrogen-bond donors (Lipinski definition) is 0. The molecule has 0 aliphatic carbocycles. The van der Waals surface area contributed by atoms with Crippen LogP contribution in [0.1, 0.15) is 32.8 Å². The predicted octanol–water partition coefficient (Wildman–Crippen LogP) is 7.59. The maximum Gasteiger partial charge on any atom is 0.227 e. The van der Waals surface area contributed by atoms with Crippen LogP contribution in [0.25, 0.3) is 22.6 Å². The molecule has 4 nitrogen and oxygen atoms in total. The predicted molar refractivity (Wildman–Crippen MR) is 125 cm³/mol. The van der Waals surface area contributed by atoms with Gasteiger partial charge in [-0.3, -0.25) is 0 Å². The Bertz CT molecular complexity index is 1140. The molecule has 1 aromatic heterocycles. The van der Waals surface area contributed by atoms with Crippen LogP contribution >= 0.6 is 11.6 Å². The number of aromatic nitrogens is 1. The zero-order valence-electron chi connectivity index (χ0n) is 18.0. The molecule has 31 heavy (non-hydrogen) atoms. The van der Waals surface area contributed by atoms with Crippen molar-refractivity contribution in [3.8, 4) is 28.7 Å². The fourth-order valence-corrected chi connectivity index (χ4v) is 3.30. The third kappa shape index (κ3) is 5.20. The summed E-state index contributed by atoms with van der Waals surface area (Å²) >= 11 is 5.68. The van der Waals surface area contributed by atoms with Gasteiger partial charge in [-0.25, -0.2) is 4.98 Å². The van der Waals surface area contributed by atoms with Crippen LogP contribution in [0.5, 0.6) is 17.2 Å². The van der Waals surface area contributed by atoms with Crippen molar-refractivity contribution in [2.24, 2.45) is 0 Å². The molecule has 0 atom stereocenters. The Hall–Kier alpha value is -2.98. The normalized spacial score (nSPS) is 11.6. The van der Waals surface area contributed by atoms with Crippen LogP contribution < -0.4 is 9.47 Å². The lowest BCUT2D eigenvalue weighted by molar-refractivity contribution is 0.318. The van der Waals surface area contributed by atoms with Gasteiger partial charge >= 0.3 is 0 Å². The van der Waals surface area contributed by atoms with Crippen LogP contribution in [-0.4, -0.2) is 17.5 Å². The van der Waals surface area contributed by atoms with Gasteiger partial charge in [-0.15, -0.1) is 11.6 Å². The molecular formula is C26H26ClNO3. The molecule has 160 valence electrons. The number of oxazole rings is 1. The molecule has 0 spiro atoms. The van der Waals surface area contributed by atoms with Crippen LogP contribution in [-0.2, 0) is 5.41 Å². The van der Waals surface area contributed by atoms with Crippen LogP contribution in [0.3, 0.4) is 0 Å². The van der Waals surface area contributed by atoms with Crippen molar-refractivity contribution in [1.82, 2.24) is 4.98 Å². The van der Waals surface area contributed by atoms with Gasteiger partial charge in [-0.2, -0.15) is 0 Å². The highest BCUT2D eigenvalue weighted by molar-refractivity contribution is 6.17. The minimum Gasteiger partial charge on any atom is -0.494 e. The summed E-state index contributed by atoms with van der Waals surface area (Å²) in [5.41, 5.74) is 3.74. The average Bonchev–Trinajstić information content (AvgIpc) is 3.18. The molecular weight excluding hydrogens is 410 g/mol. The second kappa shape index (κ2) is 9.03. The number of hydrogen-bond acceptors (Lipinski definition) is 4. The summed E-state index contributed by atoms with van der Waals surface area (Å²) < 4.78 is 17.6. The lowest BCUT2D eigenvalue weighted by atomic mass is 9.87. The third-order valence-electron chi connectivity index (χ3n) is 4.96. The Balaban J connectivity index is 1.49. The monoisotopic (exact) mass is 435 g/mol. The Morgan fingerprint density at radius 3 is 2.23 bits per heavy atom. The first kappa shape index (κ1) is 21.3. The smallest absolute Gasteiger partial charge is 0.227 e. The summed E-state index contributed by atoms with van der Waals surface area (Å²) in [5, 5.41) is 0. The number of nitrogens with zero attached hydrogens (tertiary/aromatic N) is 1. The largest absolute Gasteiger partial charge is 0.494 e. The summed E-state index contributed by atoms with van der Waals surface area (Å²) in [6.07, 6.45) is 0.819. The zero-order chi connectivity index (χ0) is 21.8. The molecule has 0 bridgehead atoms. The fraction of sp³-hybridized carbons (Fsp3) is 0.269. The van der Waals surface area contributed by atoms with E-state index < -0.39 is 0 Å². The van der Waals surface area contributed by atoms with Gasteiger partial charge in [0.15, 0.2) is 5.58 Å². The molecule has 5 heteroatoms. The molecule has 0 fully saturated rings. The average molecular weight is 436 g/mol. The van der Waals surface area contributed by atoms with Crippen molar-refractivity contribution < 1.29 is 13.9 Å². The van der Waals surface area contributed by atoms with E-state index in [0.717, 1.165) is 29.0 Å². The minimum atomic E-state index is 0.113. The molecule has 4 aromatic rings. The van der Waals surface area contributed by atoms with E-state index in [1.165, 1.54) is 5.56 Å². The Morgan fingerprint density at radius 1 is 0.871 bits per heavy atom. The standard InChI is InChI=1S/C26H26ClNO3/c1-26(2,3)19-7-11-21(12-8-19)30-22-13-14-23-24(17-22)31-25(28-23)18-5-9-20(10-6-18)29-16-4-15-27/h5-14,17H,4,15-16H2,1-3H3. The van der Waals surface area contributed by atoms with Crippen molar-refractivity contribution in [2.75, 3.05) is 12.5 Å². The van der Waals surface area contributed by atoms with E-state index in [1.54, 1.807) is 0 Å². The summed E-state index contributed by atoms with van der Waals surface area (Å²) in [6, 6.07) is 21.6. The van der Waals surface area contributed by atoms with E-state index in [0.29, 0.717) is 29.7 Å². The van der Waals surface area contributed by atoms with Crippen molar-refractivity contribution in [1.29, 1.82) is 0 Å². The highest BCUT2D eigenvalue weighted by atomic mass is 35.5. The van der Waals surface area contributed by atoms with Crippen molar-refractivity contribution in [2.45, 2.75) is 32.6 Å². The van der Waals surface area contributed by atoms with Gasteiger partial charge in [-0.05, 0) is 65.9 Å². The van der Waals surface area contributed by atoms with Gasteiger partial charge in [0, 0.05) is 17.5 Å². The lowest BCUT2D eigenvalue weighted by Gasteiger charge is -2.19. The summed E-state index contributed by atoms with van der Waals surface area (Å²) in [6.45, 7) is 7.19. The molecule has 0 aliphatic heterocycles. The van der Waals surface area contributed by atoms with E-state index in [-0.39, 0.29) is 5.41 Å². The van der Waals surface area contributed by atoms with Gasteiger partial charge in [0.1, 0.15) is 22.8 Å². The molecule has 0 unspecified atom stereocenters. The summed E-state index contributed by atoms with van der Waals surface area (Å²) in [5.74, 6) is 3.46. The van der Waals surface area contributed by atoms with Gasteiger partial charge in [0.25, 0.3) is 0 Å². The van der Waals surface area contributed by atoms with E-state index in [4.69, 9.17) is 25.5 Å². The molecule has 3 aromatic carbocycles. The second-order valence-corrected chi connectivity index (χ2v) is 8.82. The van der Waals surface area contributed by atoms with E-state index in [9.17, 15) is 0 Å². The molecule has 0 saturated heterocycles. The number of rotatable bonds is 7. The Morgan fingerprint density at radius 2 is 1.55 bits per heavy atom. The SMILES string of the molecule is CC(C)(C)c1ccc(Oc2ccc3nc(-c4ccc(OCCCCl)cc4)oc3c2)cc1. The number of alkyl halides is 1. The molecule has 0 radical (unpaired) electrons. The second-order valence-electron chi connectivity index (χ2n) is 8.44.